The Hall–Kier alpha value is -3.84. The number of rotatable bonds is 5. The summed E-state index contributed by atoms with van der Waals surface area (Å²) in [6, 6.07) is 12.8. The van der Waals surface area contributed by atoms with Crippen LogP contribution in [0.3, 0.4) is 0 Å². The Labute approximate surface area is 183 Å². The molecule has 1 aliphatic rings. The van der Waals surface area contributed by atoms with Gasteiger partial charge in [-0.1, -0.05) is 29.8 Å². The van der Waals surface area contributed by atoms with Crippen molar-refractivity contribution in [1.82, 2.24) is 0 Å². The summed E-state index contributed by atoms with van der Waals surface area (Å²) in [7, 11) is 2.40. The predicted octanol–water partition coefficient (Wildman–Crippen LogP) is 4.05. The molecule has 0 unspecified atom stereocenters. The fourth-order valence-corrected chi connectivity index (χ4v) is 3.00. The summed E-state index contributed by atoms with van der Waals surface area (Å²) < 4.78 is 15.1. The number of ether oxygens (including phenoxy) is 3. The van der Waals surface area contributed by atoms with E-state index in [1.807, 2.05) is 0 Å². The molecule has 2 aromatic carbocycles. The topological polar surface area (TPSA) is 82.1 Å². The van der Waals surface area contributed by atoms with Gasteiger partial charge >= 0.3 is 17.9 Å². The van der Waals surface area contributed by atoms with E-state index in [4.69, 9.17) is 25.8 Å². The van der Waals surface area contributed by atoms with Gasteiger partial charge in [0.25, 0.3) is 0 Å². The third-order valence-corrected chi connectivity index (χ3v) is 4.55. The van der Waals surface area contributed by atoms with Crippen LogP contribution in [0, 0.1) is 0 Å². The van der Waals surface area contributed by atoms with Gasteiger partial charge in [0, 0.05) is 11.2 Å². The van der Waals surface area contributed by atoms with Crippen molar-refractivity contribution < 1.29 is 28.6 Å². The first-order chi connectivity index (χ1) is 15.0. The molecule has 0 atom stereocenters. The average molecular weight is 440 g/mol. The highest BCUT2D eigenvalue weighted by Gasteiger charge is 2.29. The monoisotopic (exact) mass is 439 g/mol. The molecule has 0 aliphatic carbocycles. The lowest BCUT2D eigenvalue weighted by Gasteiger charge is -2.24. The number of methoxy groups -OCH3 is 2. The van der Waals surface area contributed by atoms with Gasteiger partial charge in [-0.3, -0.25) is 0 Å². The standard InChI is InChI=1S/C23H18ClNO6/c1-29-21(26)18-8-5-6-14-25(20(18)23(28)30-2)19-9-4-3-7-17(19)22(27)31-16-12-10-15(24)11-13-16/h3-14H,1-2H3. The molecule has 0 amide bonds. The molecule has 0 fully saturated rings. The molecule has 2 aromatic rings. The van der Waals surface area contributed by atoms with Gasteiger partial charge in [0.15, 0.2) is 0 Å². The molecule has 0 bridgehead atoms. The molecule has 0 N–H and O–H groups in total. The van der Waals surface area contributed by atoms with Crippen LogP contribution in [0.1, 0.15) is 10.4 Å². The summed E-state index contributed by atoms with van der Waals surface area (Å²) >= 11 is 5.87. The van der Waals surface area contributed by atoms with Crippen LogP contribution in [0.15, 0.2) is 84.2 Å². The average Bonchev–Trinajstić information content (AvgIpc) is 3.02. The largest absolute Gasteiger partial charge is 0.465 e. The molecular weight excluding hydrogens is 422 g/mol. The van der Waals surface area contributed by atoms with Gasteiger partial charge in [0.2, 0.25) is 0 Å². The number of halogens is 1. The fraction of sp³-hybridized carbons (Fsp3) is 0.0870. The summed E-state index contributed by atoms with van der Waals surface area (Å²) in [5, 5.41) is 0.505. The van der Waals surface area contributed by atoms with Gasteiger partial charge in [-0.15, -0.1) is 0 Å². The molecule has 0 aromatic heterocycles. The van der Waals surface area contributed by atoms with Gasteiger partial charge in [0.1, 0.15) is 11.4 Å². The number of para-hydroxylation sites is 1. The Kier molecular flexibility index (Phi) is 6.89. The van der Waals surface area contributed by atoms with Crippen LogP contribution < -0.4 is 9.64 Å². The second-order valence-corrected chi connectivity index (χ2v) is 6.61. The molecule has 8 heteroatoms. The lowest BCUT2D eigenvalue weighted by Crippen LogP contribution is -2.28. The Balaban J connectivity index is 2.08. The van der Waals surface area contributed by atoms with E-state index in [1.165, 1.54) is 31.4 Å². The van der Waals surface area contributed by atoms with Gasteiger partial charge in [-0.25, -0.2) is 14.4 Å². The SMILES string of the molecule is COC(=O)C1=C(C(=O)OC)N(c2ccccc2C(=O)Oc2ccc(Cl)cc2)C=CC=C1. The number of esters is 3. The zero-order valence-corrected chi connectivity index (χ0v) is 17.5. The van der Waals surface area contributed by atoms with Crippen molar-refractivity contribution in [3.8, 4) is 5.75 Å². The van der Waals surface area contributed by atoms with Gasteiger partial charge in [-0.2, -0.15) is 0 Å². The Morgan fingerprint density at radius 2 is 1.52 bits per heavy atom. The van der Waals surface area contributed by atoms with E-state index in [0.717, 1.165) is 0 Å². The van der Waals surface area contributed by atoms with E-state index >= 15 is 0 Å². The first kappa shape index (κ1) is 21.9. The maximum atomic E-state index is 12.9. The molecule has 1 heterocycles. The van der Waals surface area contributed by atoms with Crippen LogP contribution >= 0.6 is 11.6 Å². The van der Waals surface area contributed by atoms with Crippen molar-refractivity contribution in [3.05, 3.63) is 94.8 Å². The number of hydrogen-bond donors (Lipinski definition) is 0. The molecular formula is C23H18ClNO6. The predicted molar refractivity (Wildman–Crippen MR) is 115 cm³/mol. The molecule has 158 valence electrons. The highest BCUT2D eigenvalue weighted by Crippen LogP contribution is 2.30. The fourth-order valence-electron chi connectivity index (χ4n) is 2.87. The summed E-state index contributed by atoms with van der Waals surface area (Å²) in [5.41, 5.74) is 0.337. The number of benzene rings is 2. The van der Waals surface area contributed by atoms with E-state index in [2.05, 4.69) is 0 Å². The summed E-state index contributed by atoms with van der Waals surface area (Å²) in [6.45, 7) is 0. The number of carbonyl (C=O) groups excluding carboxylic acids is 3. The lowest BCUT2D eigenvalue weighted by atomic mass is 10.1. The molecule has 7 nitrogen and oxygen atoms in total. The third-order valence-electron chi connectivity index (χ3n) is 4.30. The highest BCUT2D eigenvalue weighted by molar-refractivity contribution is 6.30. The minimum Gasteiger partial charge on any atom is -0.465 e. The lowest BCUT2D eigenvalue weighted by molar-refractivity contribution is -0.139. The van der Waals surface area contributed by atoms with E-state index in [0.29, 0.717) is 16.5 Å². The smallest absolute Gasteiger partial charge is 0.355 e. The molecule has 0 radical (unpaired) electrons. The van der Waals surface area contributed by atoms with Gasteiger partial charge in [0.05, 0.1) is 31.0 Å². The minimum absolute atomic E-state index is 0.0276. The summed E-state index contributed by atoms with van der Waals surface area (Å²) in [4.78, 5) is 39.2. The second kappa shape index (κ2) is 9.77. The van der Waals surface area contributed by atoms with Crippen LogP contribution in [-0.4, -0.2) is 32.1 Å². The van der Waals surface area contributed by atoms with Gasteiger partial charge in [-0.05, 0) is 48.6 Å². The van der Waals surface area contributed by atoms with Crippen LogP contribution in [0.4, 0.5) is 5.69 Å². The number of carbonyl (C=O) groups is 3. The zero-order chi connectivity index (χ0) is 22.4. The van der Waals surface area contributed by atoms with Crippen LogP contribution in [0.25, 0.3) is 0 Å². The molecule has 0 saturated carbocycles. The minimum atomic E-state index is -0.780. The maximum Gasteiger partial charge on any atom is 0.355 e. The zero-order valence-electron chi connectivity index (χ0n) is 16.7. The maximum absolute atomic E-state index is 12.9. The van der Waals surface area contributed by atoms with Crippen molar-refractivity contribution in [3.63, 3.8) is 0 Å². The van der Waals surface area contributed by atoms with E-state index in [9.17, 15) is 14.4 Å². The van der Waals surface area contributed by atoms with Crippen molar-refractivity contribution >= 4 is 35.2 Å². The summed E-state index contributed by atoms with van der Waals surface area (Å²) in [5.74, 6) is -1.87. The molecule has 3 rings (SSSR count). The Bertz CT molecular complexity index is 1100. The van der Waals surface area contributed by atoms with Crippen molar-refractivity contribution in [1.29, 1.82) is 0 Å². The number of nitrogens with zero attached hydrogens (tertiary/aromatic N) is 1. The highest BCUT2D eigenvalue weighted by atomic mass is 35.5. The molecule has 31 heavy (non-hydrogen) atoms. The van der Waals surface area contributed by atoms with Crippen LogP contribution in [0.5, 0.6) is 5.75 Å². The van der Waals surface area contributed by atoms with Crippen molar-refractivity contribution in [2.24, 2.45) is 0 Å². The van der Waals surface area contributed by atoms with Crippen molar-refractivity contribution in [2.45, 2.75) is 0 Å². The number of hydrogen-bond acceptors (Lipinski definition) is 7. The number of anilines is 1. The molecule has 0 saturated heterocycles. The molecule has 1 aliphatic heterocycles. The van der Waals surface area contributed by atoms with E-state index in [1.54, 1.807) is 60.7 Å². The Morgan fingerprint density at radius 3 is 2.19 bits per heavy atom. The van der Waals surface area contributed by atoms with E-state index < -0.39 is 17.9 Å². The first-order valence-electron chi connectivity index (χ1n) is 9.08. The summed E-state index contributed by atoms with van der Waals surface area (Å²) in [6.07, 6.45) is 6.15. The van der Waals surface area contributed by atoms with Gasteiger partial charge < -0.3 is 19.1 Å². The third kappa shape index (κ3) is 4.84. The van der Waals surface area contributed by atoms with Crippen molar-refractivity contribution in [2.75, 3.05) is 19.1 Å². The Morgan fingerprint density at radius 1 is 0.839 bits per heavy atom. The normalized spacial score (nSPS) is 12.9. The van der Waals surface area contributed by atoms with E-state index in [-0.39, 0.29) is 16.8 Å². The quantitative estimate of drug-likeness (QED) is 0.513. The van der Waals surface area contributed by atoms with Crippen LogP contribution in [-0.2, 0) is 19.1 Å². The number of allylic oxidation sites excluding steroid dienone is 2. The first-order valence-corrected chi connectivity index (χ1v) is 9.46. The molecule has 0 spiro atoms. The van der Waals surface area contributed by atoms with Crippen LogP contribution in [0.2, 0.25) is 5.02 Å². The second-order valence-electron chi connectivity index (χ2n) is 6.18.